The summed E-state index contributed by atoms with van der Waals surface area (Å²) in [6.45, 7) is 14.2. The van der Waals surface area contributed by atoms with Crippen molar-refractivity contribution in [2.24, 2.45) is 28.1 Å². The lowest BCUT2D eigenvalue weighted by Crippen LogP contribution is -2.52. The Kier molecular flexibility index (Phi) is 22.2. The van der Waals surface area contributed by atoms with E-state index < -0.39 is 12.1 Å². The number of carbonyl (C=O) groups excluding carboxylic acids is 2. The number of nitrogens with one attached hydrogen (secondary N) is 1. The van der Waals surface area contributed by atoms with E-state index in [0.29, 0.717) is 142 Å². The number of anilines is 3. The molecule has 0 saturated carbocycles. The lowest BCUT2D eigenvalue weighted by molar-refractivity contribution is -0.137. The highest BCUT2D eigenvalue weighted by atomic mass is 16.5. The number of hydrogen-bond donors (Lipinski definition) is 4. The zero-order valence-electron chi connectivity index (χ0n) is 39.9. The fourth-order valence-corrected chi connectivity index (χ4v) is 7.84. The Morgan fingerprint density at radius 3 is 1.96 bits per heavy atom. The molecule has 3 aromatic heterocycles. The summed E-state index contributed by atoms with van der Waals surface area (Å²) in [4.78, 5) is 55.1. The van der Waals surface area contributed by atoms with Gasteiger partial charge < -0.3 is 56.3 Å². The Hall–Kier alpha value is -5.70. The quantitative estimate of drug-likeness (QED) is 0.0309. The van der Waals surface area contributed by atoms with Crippen molar-refractivity contribution in [3.05, 3.63) is 23.8 Å². The van der Waals surface area contributed by atoms with E-state index >= 15 is 0 Å². The third kappa shape index (κ3) is 16.5. The molecule has 23 nitrogen and oxygen atoms in total. The number of rotatable bonds is 30. The molecule has 0 bridgehead atoms. The van der Waals surface area contributed by atoms with E-state index in [-0.39, 0.29) is 30.3 Å². The molecule has 5 rings (SSSR count). The molecule has 2 aliphatic heterocycles. The van der Waals surface area contributed by atoms with Crippen molar-refractivity contribution in [2.45, 2.75) is 90.6 Å². The summed E-state index contributed by atoms with van der Waals surface area (Å²) >= 11 is 0. The van der Waals surface area contributed by atoms with Gasteiger partial charge in [-0.3, -0.25) is 14.6 Å². The maximum Gasteiger partial charge on any atom is 0.247 e. The van der Waals surface area contributed by atoms with Crippen molar-refractivity contribution in [3.63, 3.8) is 0 Å². The highest BCUT2D eigenvalue weighted by Gasteiger charge is 2.35. The number of nitrogens with zero attached hydrogens (tertiary/aromatic N) is 14. The van der Waals surface area contributed by atoms with Crippen LogP contribution in [0.4, 0.5) is 17.8 Å². The first kappa shape index (κ1) is 52.3. The topological polar surface area (TPSA) is 277 Å². The Morgan fingerprint density at radius 1 is 0.776 bits per heavy atom. The molecule has 7 N–H and O–H groups in total. The van der Waals surface area contributed by atoms with Crippen LogP contribution in [0.1, 0.15) is 89.2 Å². The number of piperazine rings is 2. The van der Waals surface area contributed by atoms with Gasteiger partial charge in [0, 0.05) is 77.8 Å². The highest BCUT2D eigenvalue weighted by Crippen LogP contribution is 2.26. The maximum atomic E-state index is 14.2. The molecule has 370 valence electrons. The van der Waals surface area contributed by atoms with Crippen molar-refractivity contribution in [1.29, 1.82) is 0 Å². The van der Waals surface area contributed by atoms with Crippen LogP contribution in [0.3, 0.4) is 0 Å². The van der Waals surface area contributed by atoms with Gasteiger partial charge in [0.25, 0.3) is 0 Å². The van der Waals surface area contributed by atoms with Gasteiger partial charge in [0.1, 0.15) is 18.7 Å². The van der Waals surface area contributed by atoms with E-state index in [1.807, 2.05) is 22.2 Å². The molecule has 0 spiro atoms. The minimum Gasteiger partial charge on any atom is -0.377 e. The van der Waals surface area contributed by atoms with Crippen LogP contribution < -0.4 is 32.3 Å². The average molecular weight is 935 g/mol. The van der Waals surface area contributed by atoms with Crippen molar-refractivity contribution in [3.8, 4) is 12.3 Å². The minimum absolute atomic E-state index is 0.00191. The van der Waals surface area contributed by atoms with E-state index in [1.54, 1.807) is 9.36 Å². The van der Waals surface area contributed by atoms with Gasteiger partial charge in [0.2, 0.25) is 29.7 Å². The van der Waals surface area contributed by atoms with Crippen molar-refractivity contribution >= 4 is 35.6 Å². The molecule has 0 aliphatic carbocycles. The van der Waals surface area contributed by atoms with E-state index in [0.717, 1.165) is 49.9 Å². The number of aromatic nitrogens is 9. The molecule has 2 aliphatic rings. The molecule has 2 amide bonds. The number of aliphatic imine (C=N–C) groups is 1. The normalized spacial score (nSPS) is 15.6. The monoisotopic (exact) mass is 935 g/mol. The number of nitrogens with two attached hydrogens (primary N) is 3. The zero-order valence-corrected chi connectivity index (χ0v) is 39.9. The summed E-state index contributed by atoms with van der Waals surface area (Å²) in [6.07, 6.45) is 16.3. The van der Waals surface area contributed by atoms with Crippen LogP contribution in [0.2, 0.25) is 0 Å². The summed E-state index contributed by atoms with van der Waals surface area (Å²) in [5.74, 6) is 3.96. The molecule has 3 atom stereocenters. The maximum absolute atomic E-state index is 14.2. The first-order valence-corrected chi connectivity index (χ1v) is 24.0. The number of ether oxygens (including phenoxy) is 3. The molecule has 67 heavy (non-hydrogen) atoms. The van der Waals surface area contributed by atoms with Gasteiger partial charge in [-0.25, -0.2) is 9.36 Å². The summed E-state index contributed by atoms with van der Waals surface area (Å²) < 4.78 is 20.0. The molecule has 0 aromatic carbocycles. The molecule has 5 heterocycles. The molecule has 0 unspecified atom stereocenters. The first-order valence-electron chi connectivity index (χ1n) is 24.0. The summed E-state index contributed by atoms with van der Waals surface area (Å²) in [6, 6.07) is -0.946. The van der Waals surface area contributed by atoms with Gasteiger partial charge in [-0.1, -0.05) is 50.0 Å². The van der Waals surface area contributed by atoms with Crippen LogP contribution in [0.5, 0.6) is 0 Å². The minimum atomic E-state index is -0.497. The fraction of sp³-hybridized carbons (Fsp3) is 0.727. The van der Waals surface area contributed by atoms with Gasteiger partial charge in [-0.2, -0.15) is 15.0 Å². The number of aryl methyl sites for hydroxylation is 2. The van der Waals surface area contributed by atoms with E-state index in [9.17, 15) is 9.59 Å². The average Bonchev–Trinajstić information content (AvgIpc) is 4.02. The SMILES string of the molecule is C#CCOCCOCCOCCNc1nc(N2CCN(C(=O)[C@H]([C@@H](C)CC)n3cc(CCCN=C(N)N)nn3)CC2)nc(N2CCN(C(=O)[C@H](CCCCN)n3cc(CCCC)nn3)CC2)n1. The van der Waals surface area contributed by atoms with Gasteiger partial charge >= 0.3 is 0 Å². The molecule has 23 heteroatoms. The Bertz CT molecular complexity index is 1990. The van der Waals surface area contributed by atoms with Gasteiger partial charge in [0.15, 0.2) is 5.96 Å². The molecule has 0 radical (unpaired) electrons. The number of carbonyl (C=O) groups is 2. The van der Waals surface area contributed by atoms with E-state index in [2.05, 4.69) is 67.4 Å². The van der Waals surface area contributed by atoms with Crippen molar-refractivity contribution in [2.75, 3.05) is 127 Å². The van der Waals surface area contributed by atoms with Crippen molar-refractivity contribution < 1.29 is 23.8 Å². The number of hydrogen-bond acceptors (Lipinski definition) is 17. The molecule has 2 saturated heterocycles. The number of unbranched alkanes of at least 4 members (excludes halogenated alkanes) is 2. The molecule has 3 aromatic rings. The second-order valence-electron chi connectivity index (χ2n) is 16.8. The van der Waals surface area contributed by atoms with Crippen LogP contribution >= 0.6 is 0 Å². The van der Waals surface area contributed by atoms with Gasteiger partial charge in [-0.15, -0.1) is 16.6 Å². The first-order chi connectivity index (χ1) is 32.6. The zero-order chi connectivity index (χ0) is 47.8. The van der Waals surface area contributed by atoms with E-state index in [1.165, 1.54) is 0 Å². The summed E-state index contributed by atoms with van der Waals surface area (Å²) in [5.41, 5.74) is 18.4. The summed E-state index contributed by atoms with van der Waals surface area (Å²) in [5, 5.41) is 20.8. The van der Waals surface area contributed by atoms with Crippen LogP contribution in [0.25, 0.3) is 0 Å². The lowest BCUT2D eigenvalue weighted by atomic mass is 9.97. The van der Waals surface area contributed by atoms with E-state index in [4.69, 9.17) is 52.8 Å². The van der Waals surface area contributed by atoms with Gasteiger partial charge in [0.05, 0.1) is 44.4 Å². The second kappa shape index (κ2) is 28.5. The number of guanidine groups is 1. The largest absolute Gasteiger partial charge is 0.377 e. The highest BCUT2D eigenvalue weighted by molar-refractivity contribution is 5.81. The predicted octanol–water partition coefficient (Wildman–Crippen LogP) is 0.653. The third-order valence-corrected chi connectivity index (χ3v) is 11.9. The van der Waals surface area contributed by atoms with Crippen LogP contribution in [-0.4, -0.2) is 184 Å². The van der Waals surface area contributed by atoms with Crippen LogP contribution in [-0.2, 0) is 36.6 Å². The smallest absolute Gasteiger partial charge is 0.247 e. The van der Waals surface area contributed by atoms with Crippen molar-refractivity contribution in [1.82, 2.24) is 54.7 Å². The number of terminal acetylenes is 1. The standard InChI is InChI=1S/C44H74N18O5/c1-5-8-12-35-32-61(55-53-35)37(14-9-10-15-45)39(63)57-18-22-59(23-19-57)43-50-42(49-17-27-66-29-31-67-30-28-65-26-6-2)51-44(52-43)60-24-20-58(21-25-60)40(64)38(34(4)7-3)62-33-36(54-56-62)13-11-16-48-41(46)47/h2,32-34,37-38H,5,7-31,45H2,1,3-4H3,(H4,46,47,48)(H,49,50,51,52)/t34-,37-,38-/m0/s1. The van der Waals surface area contributed by atoms with Crippen LogP contribution in [0.15, 0.2) is 17.4 Å². The lowest BCUT2D eigenvalue weighted by Gasteiger charge is -2.38. The molecule has 2 fully saturated rings. The summed E-state index contributed by atoms with van der Waals surface area (Å²) in [7, 11) is 0. The second-order valence-corrected chi connectivity index (χ2v) is 16.8. The Labute approximate surface area is 394 Å². The van der Waals surface area contributed by atoms with Crippen LogP contribution in [0, 0.1) is 18.3 Å². The predicted molar refractivity (Wildman–Crippen MR) is 255 cm³/mol. The molecular weight excluding hydrogens is 861 g/mol. The Balaban J connectivity index is 1.24. The third-order valence-electron chi connectivity index (χ3n) is 11.9. The molecular formula is C44H74N18O5. The Morgan fingerprint density at radius 2 is 1.36 bits per heavy atom. The number of amides is 2. The fourth-order valence-electron chi connectivity index (χ4n) is 7.84. The van der Waals surface area contributed by atoms with Gasteiger partial charge in [-0.05, 0) is 57.4 Å².